The van der Waals surface area contributed by atoms with E-state index in [1.54, 1.807) is 6.07 Å². The third kappa shape index (κ3) is 8.27. The summed E-state index contributed by atoms with van der Waals surface area (Å²) >= 11 is 0. The molecule has 1 atom stereocenters. The molecule has 0 bridgehead atoms. The Bertz CT molecular complexity index is 683. The molecule has 176 valence electrons. The van der Waals surface area contributed by atoms with E-state index < -0.39 is 0 Å². The van der Waals surface area contributed by atoms with Gasteiger partial charge < -0.3 is 29.4 Å². The number of amides is 1. The summed E-state index contributed by atoms with van der Waals surface area (Å²) in [4.78, 5) is 19.1. The van der Waals surface area contributed by atoms with Crippen LogP contribution >= 0.6 is 24.0 Å². The van der Waals surface area contributed by atoms with Gasteiger partial charge in [-0.3, -0.25) is 9.79 Å². The molecule has 3 rings (SSSR count). The molecule has 31 heavy (non-hydrogen) atoms. The zero-order valence-electron chi connectivity index (χ0n) is 18.7. The van der Waals surface area contributed by atoms with E-state index in [0.717, 1.165) is 76.5 Å². The lowest BCUT2D eigenvalue weighted by Crippen LogP contribution is -2.47. The van der Waals surface area contributed by atoms with E-state index in [2.05, 4.69) is 22.5 Å². The van der Waals surface area contributed by atoms with Crippen LogP contribution in [0, 0.1) is 6.92 Å². The number of halogens is 1. The predicted octanol–water partition coefficient (Wildman–Crippen LogP) is 2.95. The van der Waals surface area contributed by atoms with E-state index in [-0.39, 0.29) is 29.9 Å². The van der Waals surface area contributed by atoms with Crippen LogP contribution in [0.4, 0.5) is 0 Å². The van der Waals surface area contributed by atoms with Crippen molar-refractivity contribution in [1.82, 2.24) is 15.5 Å². The van der Waals surface area contributed by atoms with Crippen LogP contribution in [0.15, 0.2) is 21.7 Å². The summed E-state index contributed by atoms with van der Waals surface area (Å²) in [6.07, 6.45) is 7.21. The largest absolute Gasteiger partial charge is 0.459 e. The molecule has 0 aliphatic carbocycles. The fourth-order valence-corrected chi connectivity index (χ4v) is 3.83. The van der Waals surface area contributed by atoms with Crippen molar-refractivity contribution in [2.24, 2.45) is 4.99 Å². The van der Waals surface area contributed by atoms with E-state index in [0.29, 0.717) is 31.1 Å². The van der Waals surface area contributed by atoms with E-state index in [1.165, 1.54) is 6.26 Å². The Morgan fingerprint density at radius 3 is 2.74 bits per heavy atom. The molecule has 8 nitrogen and oxygen atoms in total. The lowest BCUT2D eigenvalue weighted by Gasteiger charge is -2.34. The molecular formula is C22H37IN4O4. The van der Waals surface area contributed by atoms with E-state index in [4.69, 9.17) is 18.9 Å². The minimum absolute atomic E-state index is 0. The molecule has 0 spiro atoms. The molecule has 2 fully saturated rings. The van der Waals surface area contributed by atoms with Gasteiger partial charge in [-0.05, 0) is 52.0 Å². The summed E-state index contributed by atoms with van der Waals surface area (Å²) in [5.74, 6) is 1.16. The number of rotatable bonds is 9. The summed E-state index contributed by atoms with van der Waals surface area (Å²) in [6.45, 7) is 9.50. The maximum Gasteiger partial charge on any atom is 0.287 e. The predicted molar refractivity (Wildman–Crippen MR) is 131 cm³/mol. The molecule has 2 saturated heterocycles. The molecule has 1 aromatic rings. The van der Waals surface area contributed by atoms with E-state index in [1.807, 2.05) is 6.92 Å². The number of hydrogen-bond acceptors (Lipinski definition) is 5. The second kappa shape index (κ2) is 13.9. The Morgan fingerprint density at radius 2 is 2.10 bits per heavy atom. The molecule has 2 N–H and O–H groups in total. The highest BCUT2D eigenvalue weighted by Gasteiger charge is 2.24. The fourth-order valence-electron chi connectivity index (χ4n) is 3.83. The molecule has 2 aliphatic heterocycles. The maximum atomic E-state index is 12.1. The molecule has 0 radical (unpaired) electrons. The number of carbonyl (C=O) groups excluding carboxylic acids is 1. The van der Waals surface area contributed by atoms with Gasteiger partial charge in [-0.2, -0.15) is 0 Å². The zero-order chi connectivity index (χ0) is 21.2. The van der Waals surface area contributed by atoms with Gasteiger partial charge in [0.15, 0.2) is 11.7 Å². The van der Waals surface area contributed by atoms with Crippen molar-refractivity contribution >= 4 is 35.8 Å². The van der Waals surface area contributed by atoms with Gasteiger partial charge in [-0.15, -0.1) is 24.0 Å². The van der Waals surface area contributed by atoms with Crippen LogP contribution in [-0.4, -0.2) is 74.9 Å². The minimum Gasteiger partial charge on any atom is -0.459 e. The third-order valence-electron chi connectivity index (χ3n) is 5.57. The van der Waals surface area contributed by atoms with Crippen molar-refractivity contribution < 1.29 is 18.7 Å². The molecule has 3 heterocycles. The standard InChI is InChI=1S/C22H36N4O4.HI/c1-3-23-22(25-11-5-10-24-21(27)20-17(2)9-15-29-20)26-12-7-18(8-13-26)30-16-19-6-4-14-28-19;/h9,15,18-19H,3-8,10-14,16H2,1-2H3,(H,23,25)(H,24,27);1H. The molecule has 1 unspecified atom stereocenters. The van der Waals surface area contributed by atoms with Crippen molar-refractivity contribution in [3.8, 4) is 0 Å². The molecular weight excluding hydrogens is 511 g/mol. The number of nitrogens with zero attached hydrogens (tertiary/aromatic N) is 2. The van der Waals surface area contributed by atoms with Gasteiger partial charge in [0.1, 0.15) is 0 Å². The topological polar surface area (TPSA) is 88.3 Å². The van der Waals surface area contributed by atoms with Crippen molar-refractivity contribution in [3.63, 3.8) is 0 Å². The lowest BCUT2D eigenvalue weighted by atomic mass is 10.1. The smallest absolute Gasteiger partial charge is 0.287 e. The van der Waals surface area contributed by atoms with Crippen LogP contribution in [0.3, 0.4) is 0 Å². The first kappa shape index (κ1) is 25.9. The average Bonchev–Trinajstić information content (AvgIpc) is 3.43. The van der Waals surface area contributed by atoms with Crippen LogP contribution < -0.4 is 10.6 Å². The fraction of sp³-hybridized carbons (Fsp3) is 0.727. The number of piperidine rings is 1. The highest BCUT2D eigenvalue weighted by atomic mass is 127. The molecule has 2 aliphatic rings. The monoisotopic (exact) mass is 548 g/mol. The summed E-state index contributed by atoms with van der Waals surface area (Å²) in [5, 5.41) is 6.28. The number of nitrogens with one attached hydrogen (secondary N) is 2. The Labute approximate surface area is 202 Å². The normalized spacial score (nSPS) is 19.9. The molecule has 1 aromatic heterocycles. The number of furan rings is 1. The summed E-state index contributed by atoms with van der Waals surface area (Å²) < 4.78 is 16.9. The van der Waals surface area contributed by atoms with E-state index in [9.17, 15) is 4.79 Å². The number of hydrogen-bond donors (Lipinski definition) is 2. The van der Waals surface area contributed by atoms with Crippen LogP contribution in [0.25, 0.3) is 0 Å². The van der Waals surface area contributed by atoms with Crippen LogP contribution in [-0.2, 0) is 9.47 Å². The summed E-state index contributed by atoms with van der Waals surface area (Å²) in [5.41, 5.74) is 0.850. The molecule has 1 amide bonds. The first-order valence-corrected chi connectivity index (χ1v) is 11.3. The van der Waals surface area contributed by atoms with Crippen LogP contribution in [0.2, 0.25) is 0 Å². The number of aryl methyl sites for hydroxylation is 1. The highest BCUT2D eigenvalue weighted by molar-refractivity contribution is 14.0. The number of likely N-dealkylation sites (tertiary alicyclic amines) is 1. The quantitative estimate of drug-likeness (QED) is 0.214. The van der Waals surface area contributed by atoms with Crippen molar-refractivity contribution in [1.29, 1.82) is 0 Å². The second-order valence-corrected chi connectivity index (χ2v) is 7.93. The lowest BCUT2D eigenvalue weighted by molar-refractivity contribution is -0.0367. The molecule has 9 heteroatoms. The third-order valence-corrected chi connectivity index (χ3v) is 5.57. The van der Waals surface area contributed by atoms with Crippen molar-refractivity contribution in [2.45, 2.75) is 58.2 Å². The number of carbonyl (C=O) groups is 1. The van der Waals surface area contributed by atoms with Crippen LogP contribution in [0.1, 0.15) is 55.1 Å². The molecule has 0 saturated carbocycles. The van der Waals surface area contributed by atoms with Gasteiger partial charge in [-0.1, -0.05) is 0 Å². The van der Waals surface area contributed by atoms with Gasteiger partial charge in [0, 0.05) is 44.9 Å². The first-order chi connectivity index (χ1) is 14.7. The van der Waals surface area contributed by atoms with Crippen LogP contribution in [0.5, 0.6) is 0 Å². The van der Waals surface area contributed by atoms with Crippen molar-refractivity contribution in [3.05, 3.63) is 23.7 Å². The Hall–Kier alpha value is -1.33. The zero-order valence-corrected chi connectivity index (χ0v) is 21.1. The average molecular weight is 548 g/mol. The highest BCUT2D eigenvalue weighted by Crippen LogP contribution is 2.18. The first-order valence-electron chi connectivity index (χ1n) is 11.3. The second-order valence-electron chi connectivity index (χ2n) is 7.93. The summed E-state index contributed by atoms with van der Waals surface area (Å²) in [6, 6.07) is 1.79. The van der Waals surface area contributed by atoms with Crippen molar-refractivity contribution in [2.75, 3.05) is 45.9 Å². The van der Waals surface area contributed by atoms with Gasteiger partial charge >= 0.3 is 0 Å². The molecule has 0 aromatic carbocycles. The number of aliphatic imine (C=N–C) groups is 1. The van der Waals surface area contributed by atoms with Gasteiger partial charge in [0.2, 0.25) is 0 Å². The minimum atomic E-state index is -0.168. The Kier molecular flexibility index (Phi) is 11.7. The van der Waals surface area contributed by atoms with Gasteiger partial charge in [-0.25, -0.2) is 0 Å². The SMILES string of the molecule is CCNC(=NCCCNC(=O)c1occc1C)N1CCC(OCC2CCCO2)CC1.I. The maximum absolute atomic E-state index is 12.1. The van der Waals surface area contributed by atoms with Gasteiger partial charge in [0.05, 0.1) is 25.1 Å². The Balaban J connectivity index is 0.00000341. The number of guanidine groups is 1. The van der Waals surface area contributed by atoms with Gasteiger partial charge in [0.25, 0.3) is 5.91 Å². The van der Waals surface area contributed by atoms with E-state index >= 15 is 0 Å². The Morgan fingerprint density at radius 1 is 1.29 bits per heavy atom. The summed E-state index contributed by atoms with van der Waals surface area (Å²) in [7, 11) is 0. The number of ether oxygens (including phenoxy) is 2.